The average molecular weight is 1200 g/mol. The highest BCUT2D eigenvalue weighted by Gasteiger charge is 2.45. The minimum atomic E-state index is -1.62. The highest BCUT2D eigenvalue weighted by atomic mass is 16.3. The molecular weight excluding hydrogens is 1090 g/mol. The lowest BCUT2D eigenvalue weighted by atomic mass is 9.91. The number of amides is 11. The number of nitrogens with zero attached hydrogens (tertiary/aromatic N) is 6. The van der Waals surface area contributed by atoms with E-state index in [4.69, 9.17) is 0 Å². The van der Waals surface area contributed by atoms with E-state index in [2.05, 4.69) is 26.6 Å². The number of carbonyl (C=O) groups is 11. The van der Waals surface area contributed by atoms with Crippen LogP contribution in [0.1, 0.15) is 157 Å². The van der Waals surface area contributed by atoms with E-state index in [1.807, 2.05) is 55.4 Å². The van der Waals surface area contributed by atoms with Gasteiger partial charge in [0.2, 0.25) is 65.0 Å². The second-order valence-corrected chi connectivity index (χ2v) is 26.4. The number of aliphatic hydroxyl groups excluding tert-OH is 1. The van der Waals surface area contributed by atoms with E-state index in [1.54, 1.807) is 67.5 Å². The number of hydrogen-bond donors (Lipinski definition) is 6. The van der Waals surface area contributed by atoms with Gasteiger partial charge in [-0.25, -0.2) is 0 Å². The highest BCUT2D eigenvalue weighted by molar-refractivity contribution is 5.99. The van der Waals surface area contributed by atoms with E-state index in [1.165, 1.54) is 75.7 Å². The zero-order valence-electron chi connectivity index (χ0n) is 56.0. The normalized spacial score (nSPS) is 26.8. The fraction of sp³-hybridized carbons (Fsp3) is 0.790. The van der Waals surface area contributed by atoms with Gasteiger partial charge in [0, 0.05) is 42.3 Å². The molecule has 0 aliphatic carbocycles. The molecule has 1 rings (SSSR count). The number of hydrogen-bond acceptors (Lipinski definition) is 12. The van der Waals surface area contributed by atoms with Crippen LogP contribution in [0.2, 0.25) is 0 Å². The summed E-state index contributed by atoms with van der Waals surface area (Å²) >= 11 is 0. The average Bonchev–Trinajstić information content (AvgIpc) is 3.50. The van der Waals surface area contributed by atoms with E-state index >= 15 is 4.79 Å². The Morgan fingerprint density at radius 1 is 0.435 bits per heavy atom. The van der Waals surface area contributed by atoms with Crippen molar-refractivity contribution in [3.63, 3.8) is 0 Å². The number of carbonyl (C=O) groups excluding carboxylic acids is 11. The van der Waals surface area contributed by atoms with E-state index in [9.17, 15) is 53.1 Å². The molecule has 0 saturated carbocycles. The lowest BCUT2D eigenvalue weighted by molar-refractivity contribution is -0.154. The van der Waals surface area contributed by atoms with Crippen LogP contribution in [0.4, 0.5) is 0 Å². The third-order valence-electron chi connectivity index (χ3n) is 15.8. The second-order valence-electron chi connectivity index (χ2n) is 26.4. The van der Waals surface area contributed by atoms with Crippen LogP contribution in [0, 0.1) is 47.3 Å². The molecule has 85 heavy (non-hydrogen) atoms. The molecule has 486 valence electrons. The smallest absolute Gasteiger partial charge is 0.246 e. The quantitative estimate of drug-likeness (QED) is 0.129. The van der Waals surface area contributed by atoms with Gasteiger partial charge in [-0.05, 0) is 100 Å². The molecule has 0 aromatic carbocycles. The minimum Gasteiger partial charge on any atom is -0.390 e. The molecule has 11 amide bonds. The predicted octanol–water partition coefficient (Wildman–Crippen LogP) is 3.17. The number of allylic oxidation sites excluding steroid dienone is 2. The first-order chi connectivity index (χ1) is 39.2. The molecular formula is C62H111N11O12. The van der Waals surface area contributed by atoms with Gasteiger partial charge in [0.15, 0.2) is 0 Å². The Hall–Kier alpha value is -6.13. The molecule has 1 aliphatic heterocycles. The van der Waals surface area contributed by atoms with Gasteiger partial charge < -0.3 is 61.1 Å². The molecule has 0 aromatic rings. The SMILES string of the molecule is C/C=C/C[C@@H](C)[C@@H](O)[C@H]1C(=O)N[C@@H](C(C)C)C(=O)N(C)CC(=O)N(C)[C@@H](CC(C)C)C(=O)N[C@@H](C(C)C)C(=O)N(C)[C@@H](CC(C)C)C(=O)N[C@@H](C)C(=O)N[C@H](C)C(=O)N(C)[C@@H](CC(C)C)C(=O)N[C@@H](CC(C)C)C(=O)N(C)[C@@H](C(C)C)C(=O)N1C. The predicted molar refractivity (Wildman–Crippen MR) is 328 cm³/mol. The number of nitrogens with one attached hydrogen (secondary N) is 5. The highest BCUT2D eigenvalue weighted by Crippen LogP contribution is 2.24. The number of aliphatic hydroxyl groups is 1. The molecule has 0 aromatic heterocycles. The van der Waals surface area contributed by atoms with Gasteiger partial charge in [-0.3, -0.25) is 52.7 Å². The molecule has 0 bridgehead atoms. The van der Waals surface area contributed by atoms with E-state index < -0.39 is 162 Å². The summed E-state index contributed by atoms with van der Waals surface area (Å²) in [6.07, 6.45) is 2.96. The van der Waals surface area contributed by atoms with Gasteiger partial charge >= 0.3 is 0 Å². The fourth-order valence-electron chi connectivity index (χ4n) is 10.5. The monoisotopic (exact) mass is 1200 g/mol. The summed E-state index contributed by atoms with van der Waals surface area (Å²) in [7, 11) is 8.41. The van der Waals surface area contributed by atoms with Crippen LogP contribution in [0.3, 0.4) is 0 Å². The summed E-state index contributed by atoms with van der Waals surface area (Å²) in [5, 5.41) is 26.0. The summed E-state index contributed by atoms with van der Waals surface area (Å²) < 4.78 is 0. The first kappa shape index (κ1) is 76.9. The third-order valence-corrected chi connectivity index (χ3v) is 15.8. The fourth-order valence-corrected chi connectivity index (χ4v) is 10.5. The first-order valence-corrected chi connectivity index (χ1v) is 30.5. The third kappa shape index (κ3) is 22.3. The molecule has 23 heteroatoms. The molecule has 6 N–H and O–H groups in total. The van der Waals surface area contributed by atoms with Gasteiger partial charge in [-0.15, -0.1) is 0 Å². The maximum atomic E-state index is 15.1. The minimum absolute atomic E-state index is 0.118. The molecule has 23 nitrogen and oxygen atoms in total. The molecule has 1 aliphatic rings. The molecule has 1 fully saturated rings. The summed E-state index contributed by atoms with van der Waals surface area (Å²) in [5.41, 5.74) is 0. The van der Waals surface area contributed by atoms with Crippen molar-refractivity contribution in [1.29, 1.82) is 0 Å². The molecule has 0 unspecified atom stereocenters. The zero-order chi connectivity index (χ0) is 66.0. The Morgan fingerprint density at radius 3 is 1.28 bits per heavy atom. The van der Waals surface area contributed by atoms with Crippen molar-refractivity contribution < 1.29 is 57.8 Å². The van der Waals surface area contributed by atoms with Crippen LogP contribution >= 0.6 is 0 Å². The van der Waals surface area contributed by atoms with Crippen molar-refractivity contribution in [3.05, 3.63) is 12.2 Å². The topological polar surface area (TPSA) is 288 Å². The Bertz CT molecular complexity index is 2320. The van der Waals surface area contributed by atoms with Crippen molar-refractivity contribution in [2.45, 2.75) is 223 Å². The van der Waals surface area contributed by atoms with E-state index in [0.717, 1.165) is 9.80 Å². The number of rotatable bonds is 15. The van der Waals surface area contributed by atoms with Crippen LogP contribution < -0.4 is 26.6 Å². The van der Waals surface area contributed by atoms with Gasteiger partial charge in [-0.2, -0.15) is 0 Å². The van der Waals surface area contributed by atoms with Crippen LogP contribution in [-0.4, -0.2) is 215 Å². The van der Waals surface area contributed by atoms with Gasteiger partial charge in [0.05, 0.1) is 12.6 Å². The molecule has 0 radical (unpaired) electrons. The van der Waals surface area contributed by atoms with Crippen LogP contribution in [0.25, 0.3) is 0 Å². The summed E-state index contributed by atoms with van der Waals surface area (Å²) in [6.45, 7) is 30.9. The van der Waals surface area contributed by atoms with Crippen molar-refractivity contribution in [2.75, 3.05) is 48.8 Å². The summed E-state index contributed by atoms with van der Waals surface area (Å²) in [6, 6.07) is -12.5. The largest absolute Gasteiger partial charge is 0.390 e. The van der Waals surface area contributed by atoms with Crippen molar-refractivity contribution in [2.24, 2.45) is 47.3 Å². The molecule has 12 atom stereocenters. The lowest BCUT2D eigenvalue weighted by Crippen LogP contribution is -2.64. The number of likely N-dealkylation sites (N-methyl/N-ethyl adjacent to an activating group) is 6. The van der Waals surface area contributed by atoms with Crippen LogP contribution in [0.5, 0.6) is 0 Å². The van der Waals surface area contributed by atoms with Crippen LogP contribution in [0.15, 0.2) is 12.2 Å². The van der Waals surface area contributed by atoms with Crippen molar-refractivity contribution in [3.8, 4) is 0 Å². The maximum Gasteiger partial charge on any atom is 0.246 e. The van der Waals surface area contributed by atoms with Crippen molar-refractivity contribution in [1.82, 2.24) is 56.0 Å². The molecule has 1 heterocycles. The Morgan fingerprint density at radius 2 is 0.835 bits per heavy atom. The Labute approximate surface area is 508 Å². The second kappa shape index (κ2) is 34.9. The standard InChI is InChI=1S/C62H111N11O12/c1-25-26-27-40(16)52(75)51-57(80)67-48(37(10)11)60(83)68(19)32-47(74)69(20)44(29-34(4)5)56(79)66-49(38(12)13)61(84)71(22)45(30-35(6)7)54(77)63-41(17)53(76)64-42(18)58(81)70(21)46(31-36(8)9)55(78)65-43(28-33(2)3)59(82)72(23)50(39(14)15)62(85)73(51)24/h25-26,33-46,48-52,75H,27-32H2,1-24H3,(H,63,77)(H,64,76)(H,65,78)(H,66,79)(H,67,80)/b26-25+/t40-,41+,42-,43+,44+,45+,46+,48+,49+,50+,51+,52-/m1/s1. The van der Waals surface area contributed by atoms with E-state index in [-0.39, 0.29) is 49.4 Å². The van der Waals surface area contributed by atoms with Crippen LogP contribution in [-0.2, 0) is 52.7 Å². The Kier molecular flexibility index (Phi) is 31.5. The first-order valence-electron chi connectivity index (χ1n) is 30.5. The van der Waals surface area contributed by atoms with Crippen molar-refractivity contribution >= 4 is 65.0 Å². The molecule has 1 saturated heterocycles. The van der Waals surface area contributed by atoms with Gasteiger partial charge in [-0.1, -0.05) is 116 Å². The van der Waals surface area contributed by atoms with Gasteiger partial charge in [0.25, 0.3) is 0 Å². The summed E-state index contributed by atoms with van der Waals surface area (Å²) in [5.74, 6) is -10.5. The summed E-state index contributed by atoms with van der Waals surface area (Å²) in [4.78, 5) is 167. The lowest BCUT2D eigenvalue weighted by Gasteiger charge is -2.40. The van der Waals surface area contributed by atoms with E-state index in [0.29, 0.717) is 6.42 Å². The maximum absolute atomic E-state index is 15.1. The molecule has 0 spiro atoms. The zero-order valence-corrected chi connectivity index (χ0v) is 56.0. The van der Waals surface area contributed by atoms with Gasteiger partial charge in [0.1, 0.15) is 60.4 Å². The Balaban J connectivity index is 4.31.